The first-order valence-corrected chi connectivity index (χ1v) is 17.2. The third-order valence-electron chi connectivity index (χ3n) is 8.76. The first-order valence-electron chi connectivity index (χ1n) is 14.3. The minimum absolute atomic E-state index is 0.153. The number of hydrogen-bond acceptors (Lipinski definition) is 2. The van der Waals surface area contributed by atoms with Crippen molar-refractivity contribution >= 4 is 8.32 Å². The van der Waals surface area contributed by atoms with Crippen LogP contribution in [0.4, 0.5) is 8.78 Å². The van der Waals surface area contributed by atoms with Gasteiger partial charge in [-0.05, 0) is 134 Å². The van der Waals surface area contributed by atoms with Crippen molar-refractivity contribution in [3.63, 3.8) is 0 Å². The molecular formula is C33H52F2O2Si. The van der Waals surface area contributed by atoms with Crippen LogP contribution in [0.2, 0.25) is 18.1 Å². The molecule has 1 heterocycles. The fourth-order valence-electron chi connectivity index (χ4n) is 4.80. The van der Waals surface area contributed by atoms with E-state index in [0.717, 1.165) is 56.1 Å². The zero-order chi connectivity index (χ0) is 28.9. The van der Waals surface area contributed by atoms with Crippen LogP contribution >= 0.6 is 0 Å². The average molecular weight is 547 g/mol. The normalized spacial score (nSPS) is 18.7. The maximum absolute atomic E-state index is 12.2. The Balaban J connectivity index is 2.04. The second kappa shape index (κ2) is 13.0. The van der Waals surface area contributed by atoms with Crippen LogP contribution in [0.15, 0.2) is 35.5 Å². The molecule has 1 aromatic rings. The predicted octanol–water partition coefficient (Wildman–Crippen LogP) is 11.1. The standard InChI is InChI=1S/C33H52F2O2Si/c1-23(17-13-19-29(34)35)15-12-16-24(2)18-14-21-33(9)22-20-28-27(5)30(25(3)26(4)31(28)36-33)37-38(10,11)32(6,7)8/h15,18-19H,12-14,16-17,20-22H2,1-11H3/b23-15+,24-18+/t33-/m1/s1. The molecule has 0 bridgehead atoms. The summed E-state index contributed by atoms with van der Waals surface area (Å²) in [6, 6.07) is 0. The highest BCUT2D eigenvalue weighted by atomic mass is 28.4. The van der Waals surface area contributed by atoms with Crippen LogP contribution in [0.5, 0.6) is 11.5 Å². The van der Waals surface area contributed by atoms with Crippen molar-refractivity contribution in [3.8, 4) is 11.5 Å². The Kier molecular flexibility index (Phi) is 11.0. The fourth-order valence-corrected chi connectivity index (χ4v) is 5.92. The van der Waals surface area contributed by atoms with Gasteiger partial charge in [0.15, 0.2) is 0 Å². The summed E-state index contributed by atoms with van der Waals surface area (Å²) in [6.45, 7) is 24.5. The molecule has 1 aliphatic rings. The summed E-state index contributed by atoms with van der Waals surface area (Å²) in [6.07, 6.45) is 11.0. The second-order valence-electron chi connectivity index (χ2n) is 13.1. The van der Waals surface area contributed by atoms with Crippen molar-refractivity contribution < 1.29 is 17.9 Å². The molecule has 0 saturated carbocycles. The Morgan fingerprint density at radius 1 is 0.921 bits per heavy atom. The quantitative estimate of drug-likeness (QED) is 0.203. The van der Waals surface area contributed by atoms with Crippen molar-refractivity contribution in [3.05, 3.63) is 57.7 Å². The lowest BCUT2D eigenvalue weighted by Gasteiger charge is -2.41. The number of halogens is 2. The van der Waals surface area contributed by atoms with Crippen LogP contribution in [0, 0.1) is 20.8 Å². The van der Waals surface area contributed by atoms with E-state index in [1.165, 1.54) is 33.4 Å². The molecule has 1 atom stereocenters. The molecule has 0 unspecified atom stereocenters. The number of allylic oxidation sites excluding steroid dienone is 5. The van der Waals surface area contributed by atoms with E-state index in [1.54, 1.807) is 0 Å². The molecule has 38 heavy (non-hydrogen) atoms. The van der Waals surface area contributed by atoms with E-state index in [4.69, 9.17) is 9.16 Å². The SMILES string of the molecule is C/C(=C\CC/C(C)=C/CC[C@]1(C)CCc2c(C)c(O[Si](C)(C)C(C)(C)C)c(C)c(C)c2O1)CCC=C(F)F. The van der Waals surface area contributed by atoms with Gasteiger partial charge in [0.2, 0.25) is 0 Å². The summed E-state index contributed by atoms with van der Waals surface area (Å²) in [4.78, 5) is 0. The maximum Gasteiger partial charge on any atom is 0.266 e. The monoisotopic (exact) mass is 546 g/mol. The van der Waals surface area contributed by atoms with Crippen molar-refractivity contribution in [1.82, 2.24) is 0 Å². The van der Waals surface area contributed by atoms with Crippen molar-refractivity contribution in [2.45, 2.75) is 137 Å². The molecule has 5 heteroatoms. The average Bonchev–Trinajstić information content (AvgIpc) is 2.79. The number of benzene rings is 1. The van der Waals surface area contributed by atoms with Gasteiger partial charge in [-0.1, -0.05) is 44.1 Å². The highest BCUT2D eigenvalue weighted by Gasteiger charge is 2.41. The van der Waals surface area contributed by atoms with Gasteiger partial charge in [0, 0.05) is 5.56 Å². The smallest absolute Gasteiger partial charge is 0.266 e. The third-order valence-corrected chi connectivity index (χ3v) is 13.1. The number of fused-ring (bicyclic) bond motifs is 1. The largest absolute Gasteiger partial charge is 0.543 e. The molecule has 0 saturated heterocycles. The summed E-state index contributed by atoms with van der Waals surface area (Å²) in [5, 5.41) is 0.153. The fraction of sp³-hybridized carbons (Fsp3) is 0.636. The van der Waals surface area contributed by atoms with Crippen LogP contribution in [-0.4, -0.2) is 13.9 Å². The van der Waals surface area contributed by atoms with E-state index in [9.17, 15) is 8.78 Å². The molecule has 1 aromatic carbocycles. The first-order chi connectivity index (χ1) is 17.5. The van der Waals surface area contributed by atoms with E-state index in [-0.39, 0.29) is 10.6 Å². The predicted molar refractivity (Wildman–Crippen MR) is 161 cm³/mol. The molecule has 214 valence electrons. The molecule has 1 aliphatic heterocycles. The maximum atomic E-state index is 12.2. The molecule has 0 spiro atoms. The Morgan fingerprint density at radius 2 is 1.47 bits per heavy atom. The molecule has 2 nitrogen and oxygen atoms in total. The lowest BCUT2D eigenvalue weighted by atomic mass is 9.85. The van der Waals surface area contributed by atoms with Crippen LogP contribution in [0.3, 0.4) is 0 Å². The van der Waals surface area contributed by atoms with Gasteiger partial charge in [0.1, 0.15) is 17.1 Å². The number of ether oxygens (including phenoxy) is 1. The highest BCUT2D eigenvalue weighted by molar-refractivity contribution is 6.74. The van der Waals surface area contributed by atoms with E-state index < -0.39 is 14.4 Å². The highest BCUT2D eigenvalue weighted by Crippen LogP contribution is 2.47. The molecular weight excluding hydrogens is 494 g/mol. The zero-order valence-corrected chi connectivity index (χ0v) is 27.0. The molecule has 0 radical (unpaired) electrons. The van der Waals surface area contributed by atoms with E-state index >= 15 is 0 Å². The van der Waals surface area contributed by atoms with Gasteiger partial charge >= 0.3 is 0 Å². The lowest BCUT2D eigenvalue weighted by Crippen LogP contribution is -2.44. The van der Waals surface area contributed by atoms with Crippen LogP contribution in [-0.2, 0) is 6.42 Å². The Bertz CT molecular complexity index is 1070. The van der Waals surface area contributed by atoms with Gasteiger partial charge in [0.25, 0.3) is 14.4 Å². The van der Waals surface area contributed by atoms with Gasteiger partial charge in [-0.25, -0.2) is 0 Å². The van der Waals surface area contributed by atoms with E-state index in [2.05, 4.69) is 80.6 Å². The van der Waals surface area contributed by atoms with Gasteiger partial charge in [-0.3, -0.25) is 0 Å². The van der Waals surface area contributed by atoms with Gasteiger partial charge in [-0.15, -0.1) is 0 Å². The summed E-state index contributed by atoms with van der Waals surface area (Å²) < 4.78 is 38.0. The zero-order valence-electron chi connectivity index (χ0n) is 26.0. The number of hydrogen-bond donors (Lipinski definition) is 0. The Labute approximate surface area is 232 Å². The van der Waals surface area contributed by atoms with Crippen molar-refractivity contribution in [2.24, 2.45) is 0 Å². The van der Waals surface area contributed by atoms with Gasteiger partial charge < -0.3 is 9.16 Å². The van der Waals surface area contributed by atoms with Crippen molar-refractivity contribution in [1.29, 1.82) is 0 Å². The second-order valence-corrected chi connectivity index (χ2v) is 17.9. The summed E-state index contributed by atoms with van der Waals surface area (Å²) in [7, 11) is -1.94. The number of rotatable bonds is 11. The Morgan fingerprint density at radius 3 is 2.03 bits per heavy atom. The van der Waals surface area contributed by atoms with E-state index in [1.807, 2.05) is 6.92 Å². The van der Waals surface area contributed by atoms with Crippen LogP contribution in [0.1, 0.15) is 109 Å². The molecule has 0 aliphatic carbocycles. The molecule has 0 N–H and O–H groups in total. The Hall–Kier alpha value is -1.88. The van der Waals surface area contributed by atoms with Gasteiger partial charge in [0.05, 0.1) is 0 Å². The molecule has 0 fully saturated rings. The minimum Gasteiger partial charge on any atom is -0.543 e. The van der Waals surface area contributed by atoms with Crippen LogP contribution < -0.4 is 9.16 Å². The molecule has 2 rings (SSSR count). The van der Waals surface area contributed by atoms with Crippen molar-refractivity contribution in [2.75, 3.05) is 0 Å². The molecule has 0 aromatic heterocycles. The summed E-state index contributed by atoms with van der Waals surface area (Å²) >= 11 is 0. The van der Waals surface area contributed by atoms with Crippen LogP contribution in [0.25, 0.3) is 0 Å². The van der Waals surface area contributed by atoms with Gasteiger partial charge in [-0.2, -0.15) is 8.78 Å². The summed E-state index contributed by atoms with van der Waals surface area (Å²) in [5.41, 5.74) is 7.36. The first kappa shape index (κ1) is 32.3. The summed E-state index contributed by atoms with van der Waals surface area (Å²) in [5.74, 6) is 2.15. The lowest BCUT2D eigenvalue weighted by molar-refractivity contribution is 0.0559. The molecule has 0 amide bonds. The van der Waals surface area contributed by atoms with E-state index in [0.29, 0.717) is 12.8 Å². The third kappa shape index (κ3) is 8.56. The minimum atomic E-state index is -1.94. The topological polar surface area (TPSA) is 18.5 Å².